The minimum atomic E-state index is -0.295. The Balaban J connectivity index is 2.21. The Morgan fingerprint density at radius 3 is 2.94 bits per heavy atom. The summed E-state index contributed by atoms with van der Waals surface area (Å²) in [5, 5.41) is 2.74. The number of benzene rings is 1. The maximum atomic E-state index is 11.8. The highest BCUT2D eigenvalue weighted by molar-refractivity contribution is 5.95. The van der Waals surface area contributed by atoms with Crippen LogP contribution in [-0.2, 0) is 0 Å². The third kappa shape index (κ3) is 2.71. The Hall–Kier alpha value is -1.81. The van der Waals surface area contributed by atoms with Crippen LogP contribution in [0.4, 0.5) is 0 Å². The Kier molecular flexibility index (Phi) is 3.39. The minimum Gasteiger partial charge on any atom is -0.483 e. The molecule has 3 N–H and O–H groups in total. The lowest BCUT2D eigenvalue weighted by Gasteiger charge is -2.27. The first-order chi connectivity index (χ1) is 8.52. The molecule has 0 saturated carbocycles. The number of nitrogens with two attached hydrogens (primary N) is 1. The number of fused-ring (bicyclic) bond motifs is 1. The molecular formula is C14H18N2O2. The van der Waals surface area contributed by atoms with Gasteiger partial charge in [-0.15, -0.1) is 0 Å². The second-order valence-corrected chi connectivity index (χ2v) is 4.84. The highest BCUT2D eigenvalue weighted by atomic mass is 16.5. The van der Waals surface area contributed by atoms with Crippen molar-refractivity contribution < 1.29 is 9.53 Å². The molecule has 4 heteroatoms. The number of hydrogen-bond acceptors (Lipinski definition) is 3. The Labute approximate surface area is 107 Å². The molecule has 0 saturated heterocycles. The molecule has 2 rings (SSSR count). The van der Waals surface area contributed by atoms with Crippen LogP contribution in [0.25, 0.3) is 6.08 Å². The van der Waals surface area contributed by atoms with E-state index in [2.05, 4.69) is 5.32 Å². The van der Waals surface area contributed by atoms with Crippen molar-refractivity contribution in [2.24, 2.45) is 5.73 Å². The van der Waals surface area contributed by atoms with E-state index in [1.165, 1.54) is 0 Å². The number of hydrogen-bond donors (Lipinski definition) is 2. The van der Waals surface area contributed by atoms with Crippen molar-refractivity contribution in [3.8, 4) is 5.75 Å². The molecule has 0 unspecified atom stereocenters. The molecule has 1 heterocycles. The first kappa shape index (κ1) is 12.6. The second-order valence-electron chi connectivity index (χ2n) is 4.84. The summed E-state index contributed by atoms with van der Waals surface area (Å²) < 4.78 is 5.80. The van der Waals surface area contributed by atoms with Crippen LogP contribution in [0.1, 0.15) is 29.8 Å². The summed E-state index contributed by atoms with van der Waals surface area (Å²) in [4.78, 5) is 11.8. The van der Waals surface area contributed by atoms with Gasteiger partial charge in [-0.25, -0.2) is 0 Å². The van der Waals surface area contributed by atoms with Gasteiger partial charge in [0, 0.05) is 24.2 Å². The summed E-state index contributed by atoms with van der Waals surface area (Å²) in [6.07, 6.45) is 3.97. The average Bonchev–Trinajstić information content (AvgIpc) is 2.34. The van der Waals surface area contributed by atoms with Crippen LogP contribution >= 0.6 is 0 Å². The number of rotatable bonds is 3. The predicted octanol–water partition coefficient (Wildman–Crippen LogP) is 1.56. The molecule has 1 amide bonds. The Morgan fingerprint density at radius 2 is 2.22 bits per heavy atom. The Morgan fingerprint density at radius 1 is 1.44 bits per heavy atom. The van der Waals surface area contributed by atoms with Gasteiger partial charge in [-0.1, -0.05) is 6.08 Å². The van der Waals surface area contributed by atoms with Crippen LogP contribution in [0, 0.1) is 0 Å². The summed E-state index contributed by atoms with van der Waals surface area (Å²) in [6, 6.07) is 5.42. The molecule has 0 aliphatic carbocycles. The van der Waals surface area contributed by atoms with Crippen LogP contribution in [0.2, 0.25) is 0 Å². The largest absolute Gasteiger partial charge is 0.483 e. The van der Waals surface area contributed by atoms with Crippen molar-refractivity contribution >= 4 is 12.0 Å². The van der Waals surface area contributed by atoms with Crippen molar-refractivity contribution in [1.82, 2.24) is 5.32 Å². The van der Waals surface area contributed by atoms with E-state index in [9.17, 15) is 4.79 Å². The van der Waals surface area contributed by atoms with E-state index in [1.807, 2.05) is 38.1 Å². The number of amides is 1. The number of carbonyl (C=O) groups excluding carboxylic acids is 1. The van der Waals surface area contributed by atoms with E-state index in [4.69, 9.17) is 10.5 Å². The fourth-order valence-corrected chi connectivity index (χ4v) is 1.81. The third-order valence-corrected chi connectivity index (χ3v) is 2.74. The molecule has 0 aromatic heterocycles. The van der Waals surface area contributed by atoms with Gasteiger partial charge >= 0.3 is 0 Å². The number of carbonyl (C=O) groups is 1. The van der Waals surface area contributed by atoms with Crippen LogP contribution in [0.15, 0.2) is 24.3 Å². The van der Waals surface area contributed by atoms with Crippen molar-refractivity contribution in [3.63, 3.8) is 0 Å². The van der Waals surface area contributed by atoms with Gasteiger partial charge < -0.3 is 15.8 Å². The highest BCUT2D eigenvalue weighted by Crippen LogP contribution is 2.31. The highest BCUT2D eigenvalue weighted by Gasteiger charge is 2.22. The molecule has 0 spiro atoms. The third-order valence-electron chi connectivity index (χ3n) is 2.74. The van der Waals surface area contributed by atoms with Crippen molar-refractivity contribution in [1.29, 1.82) is 0 Å². The molecule has 96 valence electrons. The summed E-state index contributed by atoms with van der Waals surface area (Å²) in [7, 11) is 0. The van der Waals surface area contributed by atoms with Gasteiger partial charge in [0.25, 0.3) is 5.91 Å². The lowest BCUT2D eigenvalue weighted by Crippen LogP contribution is -2.30. The van der Waals surface area contributed by atoms with Gasteiger partial charge in [0.05, 0.1) is 0 Å². The van der Waals surface area contributed by atoms with Crippen LogP contribution in [0.3, 0.4) is 0 Å². The molecule has 1 aliphatic rings. The summed E-state index contributed by atoms with van der Waals surface area (Å²) in [5.41, 5.74) is 6.60. The molecule has 0 fully saturated rings. The normalized spacial score (nSPS) is 15.7. The number of nitrogens with one attached hydrogen (secondary N) is 1. The van der Waals surface area contributed by atoms with E-state index >= 15 is 0 Å². The molecule has 1 aliphatic heterocycles. The van der Waals surface area contributed by atoms with Gasteiger partial charge in [-0.05, 0) is 38.1 Å². The van der Waals surface area contributed by atoms with E-state index < -0.39 is 0 Å². The van der Waals surface area contributed by atoms with E-state index in [0.717, 1.165) is 11.3 Å². The predicted molar refractivity (Wildman–Crippen MR) is 71.6 cm³/mol. The standard InChI is InChI=1S/C14H18N2O2/c1-14(2)6-5-10-9-11(3-4-12(10)18-14)13(17)16-8-7-15/h3-6,9H,7-8,15H2,1-2H3,(H,16,17). The summed E-state index contributed by atoms with van der Waals surface area (Å²) >= 11 is 0. The quantitative estimate of drug-likeness (QED) is 0.850. The molecule has 4 nitrogen and oxygen atoms in total. The second kappa shape index (κ2) is 4.82. The first-order valence-electron chi connectivity index (χ1n) is 6.02. The fraction of sp³-hybridized carbons (Fsp3) is 0.357. The molecule has 1 aromatic rings. The van der Waals surface area contributed by atoms with Gasteiger partial charge in [-0.3, -0.25) is 4.79 Å². The van der Waals surface area contributed by atoms with Gasteiger partial charge in [0.2, 0.25) is 0 Å². The molecule has 0 radical (unpaired) electrons. The molecule has 1 aromatic carbocycles. The van der Waals surface area contributed by atoms with Crippen LogP contribution in [0.5, 0.6) is 5.75 Å². The maximum absolute atomic E-state index is 11.8. The zero-order valence-corrected chi connectivity index (χ0v) is 10.7. The lowest BCUT2D eigenvalue weighted by molar-refractivity contribution is 0.0954. The average molecular weight is 246 g/mol. The molecular weight excluding hydrogens is 228 g/mol. The lowest BCUT2D eigenvalue weighted by atomic mass is 10.0. The van der Waals surface area contributed by atoms with Crippen molar-refractivity contribution in [2.45, 2.75) is 19.4 Å². The van der Waals surface area contributed by atoms with Crippen molar-refractivity contribution in [2.75, 3.05) is 13.1 Å². The Bertz CT molecular complexity index is 493. The smallest absolute Gasteiger partial charge is 0.251 e. The number of ether oxygens (including phenoxy) is 1. The maximum Gasteiger partial charge on any atom is 0.251 e. The zero-order chi connectivity index (χ0) is 13.2. The minimum absolute atomic E-state index is 0.110. The van der Waals surface area contributed by atoms with Gasteiger partial charge in [0.1, 0.15) is 11.4 Å². The van der Waals surface area contributed by atoms with Crippen LogP contribution in [-0.4, -0.2) is 24.6 Å². The molecule has 0 bridgehead atoms. The topological polar surface area (TPSA) is 64.4 Å². The molecule has 18 heavy (non-hydrogen) atoms. The molecule has 0 atom stereocenters. The summed E-state index contributed by atoms with van der Waals surface area (Å²) in [6.45, 7) is 4.91. The first-order valence-corrected chi connectivity index (χ1v) is 6.02. The zero-order valence-electron chi connectivity index (χ0n) is 10.7. The van der Waals surface area contributed by atoms with E-state index in [1.54, 1.807) is 6.07 Å². The van der Waals surface area contributed by atoms with E-state index in [0.29, 0.717) is 18.7 Å². The van der Waals surface area contributed by atoms with E-state index in [-0.39, 0.29) is 11.5 Å². The van der Waals surface area contributed by atoms with Crippen LogP contribution < -0.4 is 15.8 Å². The van der Waals surface area contributed by atoms with Gasteiger partial charge in [-0.2, -0.15) is 0 Å². The monoisotopic (exact) mass is 246 g/mol. The fourth-order valence-electron chi connectivity index (χ4n) is 1.81. The summed E-state index contributed by atoms with van der Waals surface area (Å²) in [5.74, 6) is 0.694. The van der Waals surface area contributed by atoms with Gasteiger partial charge in [0.15, 0.2) is 0 Å². The SMILES string of the molecule is CC1(C)C=Cc2cc(C(=O)NCCN)ccc2O1. The van der Waals surface area contributed by atoms with Crippen molar-refractivity contribution in [3.05, 3.63) is 35.4 Å².